The van der Waals surface area contributed by atoms with Crippen molar-refractivity contribution in [2.75, 3.05) is 18.4 Å². The van der Waals surface area contributed by atoms with Crippen molar-refractivity contribution in [2.24, 2.45) is 5.92 Å². The summed E-state index contributed by atoms with van der Waals surface area (Å²) in [6, 6.07) is 6.32. The van der Waals surface area contributed by atoms with E-state index in [2.05, 4.69) is 53.8 Å². The van der Waals surface area contributed by atoms with Gasteiger partial charge in [-0.2, -0.15) is 0 Å². The van der Waals surface area contributed by atoms with Crippen LogP contribution in [0.25, 0.3) is 0 Å². The maximum Gasteiger partial charge on any atom is 0.238 e. The van der Waals surface area contributed by atoms with Crippen LogP contribution in [0.1, 0.15) is 33.3 Å². The zero-order valence-corrected chi connectivity index (χ0v) is 14.6. The molecule has 0 aliphatic rings. The third kappa shape index (κ3) is 4.91. The summed E-state index contributed by atoms with van der Waals surface area (Å²) in [5.74, 6) is 0.567. The first kappa shape index (κ1) is 17.2. The molecule has 0 spiro atoms. The van der Waals surface area contributed by atoms with Crippen LogP contribution in [0.4, 0.5) is 5.69 Å². The molecule has 0 bridgehead atoms. The molecular weight excluding hydrogens is 316 g/mol. The van der Waals surface area contributed by atoms with Gasteiger partial charge in [-0.05, 0) is 59.9 Å². The Morgan fingerprint density at radius 2 is 2.00 bits per heavy atom. The minimum absolute atomic E-state index is 0.0314. The van der Waals surface area contributed by atoms with Gasteiger partial charge >= 0.3 is 0 Å². The zero-order chi connectivity index (χ0) is 15.3. The first-order valence-corrected chi connectivity index (χ1v) is 7.94. The SMILES string of the molecule is CCN(CC(=O)Nc1ccc(C)cc1Br)C(C)C(C)C. The molecule has 1 aromatic rings. The molecule has 1 N–H and O–H groups in total. The number of hydrogen-bond acceptors (Lipinski definition) is 2. The molecule has 3 nitrogen and oxygen atoms in total. The number of carbonyl (C=O) groups is 1. The van der Waals surface area contributed by atoms with Crippen LogP contribution in [-0.4, -0.2) is 29.9 Å². The summed E-state index contributed by atoms with van der Waals surface area (Å²) in [4.78, 5) is 14.4. The van der Waals surface area contributed by atoms with Crippen molar-refractivity contribution in [1.29, 1.82) is 0 Å². The molecule has 0 saturated carbocycles. The quantitative estimate of drug-likeness (QED) is 0.846. The number of hydrogen-bond donors (Lipinski definition) is 1. The minimum Gasteiger partial charge on any atom is -0.324 e. The molecule has 1 aromatic carbocycles. The number of aryl methyl sites for hydroxylation is 1. The van der Waals surface area contributed by atoms with Gasteiger partial charge in [0, 0.05) is 10.5 Å². The van der Waals surface area contributed by atoms with Crippen molar-refractivity contribution >= 4 is 27.5 Å². The van der Waals surface area contributed by atoms with Crippen molar-refractivity contribution in [3.8, 4) is 0 Å². The van der Waals surface area contributed by atoms with E-state index in [4.69, 9.17) is 0 Å². The summed E-state index contributed by atoms with van der Waals surface area (Å²) < 4.78 is 0.922. The van der Waals surface area contributed by atoms with Crippen LogP contribution in [0, 0.1) is 12.8 Å². The van der Waals surface area contributed by atoms with E-state index in [9.17, 15) is 4.79 Å². The van der Waals surface area contributed by atoms with Crippen molar-refractivity contribution in [3.05, 3.63) is 28.2 Å². The molecule has 1 amide bonds. The summed E-state index contributed by atoms with van der Waals surface area (Å²) in [7, 11) is 0. The molecule has 0 radical (unpaired) electrons. The maximum absolute atomic E-state index is 12.2. The highest BCUT2D eigenvalue weighted by Gasteiger charge is 2.18. The summed E-state index contributed by atoms with van der Waals surface area (Å²) in [6.07, 6.45) is 0. The topological polar surface area (TPSA) is 32.3 Å². The molecule has 4 heteroatoms. The first-order chi connectivity index (χ1) is 9.35. The Labute approximate surface area is 130 Å². The Morgan fingerprint density at radius 3 is 2.50 bits per heavy atom. The van der Waals surface area contributed by atoms with Gasteiger partial charge in [-0.25, -0.2) is 0 Å². The number of halogens is 1. The van der Waals surface area contributed by atoms with Gasteiger partial charge in [-0.15, -0.1) is 0 Å². The van der Waals surface area contributed by atoms with Crippen LogP contribution in [0.5, 0.6) is 0 Å². The van der Waals surface area contributed by atoms with Gasteiger partial charge in [-0.1, -0.05) is 26.8 Å². The first-order valence-electron chi connectivity index (χ1n) is 7.15. The van der Waals surface area contributed by atoms with E-state index < -0.39 is 0 Å². The molecule has 1 rings (SSSR count). The van der Waals surface area contributed by atoms with Crippen LogP contribution in [-0.2, 0) is 4.79 Å². The van der Waals surface area contributed by atoms with E-state index >= 15 is 0 Å². The predicted molar refractivity (Wildman–Crippen MR) is 89.1 cm³/mol. The Kier molecular flexibility index (Phi) is 6.69. The fraction of sp³-hybridized carbons (Fsp3) is 0.562. The third-order valence-corrected chi connectivity index (χ3v) is 4.35. The molecule has 1 atom stereocenters. The second-order valence-corrected chi connectivity index (χ2v) is 6.43. The lowest BCUT2D eigenvalue weighted by Crippen LogP contribution is -2.41. The summed E-state index contributed by atoms with van der Waals surface area (Å²) >= 11 is 3.48. The number of anilines is 1. The molecule has 0 saturated heterocycles. The van der Waals surface area contributed by atoms with Crippen molar-refractivity contribution in [3.63, 3.8) is 0 Å². The monoisotopic (exact) mass is 340 g/mol. The molecule has 1 unspecified atom stereocenters. The fourth-order valence-electron chi connectivity index (χ4n) is 2.06. The van der Waals surface area contributed by atoms with Crippen LogP contribution >= 0.6 is 15.9 Å². The van der Waals surface area contributed by atoms with Gasteiger partial charge in [0.2, 0.25) is 5.91 Å². The Bertz CT molecular complexity index is 460. The van der Waals surface area contributed by atoms with Gasteiger partial charge < -0.3 is 5.32 Å². The average Bonchev–Trinajstić information content (AvgIpc) is 2.38. The standard InChI is InChI=1S/C16H25BrN2O/c1-6-19(13(5)11(2)3)10-16(20)18-15-8-7-12(4)9-14(15)17/h7-9,11,13H,6,10H2,1-5H3,(H,18,20). The highest BCUT2D eigenvalue weighted by molar-refractivity contribution is 9.10. The highest BCUT2D eigenvalue weighted by Crippen LogP contribution is 2.23. The van der Waals surface area contributed by atoms with E-state index in [1.807, 2.05) is 25.1 Å². The lowest BCUT2D eigenvalue weighted by atomic mass is 10.0. The molecule has 0 heterocycles. The van der Waals surface area contributed by atoms with Crippen molar-refractivity contribution in [2.45, 2.75) is 40.7 Å². The van der Waals surface area contributed by atoms with Crippen molar-refractivity contribution in [1.82, 2.24) is 4.90 Å². The number of nitrogens with zero attached hydrogens (tertiary/aromatic N) is 1. The van der Waals surface area contributed by atoms with Crippen LogP contribution in [0.15, 0.2) is 22.7 Å². The largest absolute Gasteiger partial charge is 0.324 e. The van der Waals surface area contributed by atoms with Crippen LogP contribution in [0.3, 0.4) is 0 Å². The Hall–Kier alpha value is -0.870. The van der Waals surface area contributed by atoms with Gasteiger partial charge in [0.15, 0.2) is 0 Å². The van der Waals surface area contributed by atoms with E-state index in [1.54, 1.807) is 0 Å². The second kappa shape index (κ2) is 7.79. The Balaban J connectivity index is 2.66. The van der Waals surface area contributed by atoms with Crippen molar-refractivity contribution < 1.29 is 4.79 Å². The third-order valence-electron chi connectivity index (χ3n) is 3.69. The molecule has 0 aromatic heterocycles. The second-order valence-electron chi connectivity index (χ2n) is 5.58. The number of carbonyl (C=O) groups excluding carboxylic acids is 1. The number of amides is 1. The number of nitrogens with one attached hydrogen (secondary N) is 1. The molecule has 0 aliphatic heterocycles. The maximum atomic E-state index is 12.2. The summed E-state index contributed by atoms with van der Waals surface area (Å²) in [5, 5.41) is 2.97. The molecular formula is C16H25BrN2O. The average molecular weight is 341 g/mol. The lowest BCUT2D eigenvalue weighted by molar-refractivity contribution is -0.117. The van der Waals surface area contributed by atoms with E-state index in [0.29, 0.717) is 18.5 Å². The Morgan fingerprint density at radius 1 is 1.35 bits per heavy atom. The number of rotatable bonds is 6. The fourth-order valence-corrected chi connectivity index (χ4v) is 2.65. The van der Waals surface area contributed by atoms with Gasteiger partial charge in [0.1, 0.15) is 0 Å². The minimum atomic E-state index is 0.0314. The summed E-state index contributed by atoms with van der Waals surface area (Å²) in [5.41, 5.74) is 1.99. The van der Waals surface area contributed by atoms with Gasteiger partial charge in [-0.3, -0.25) is 9.69 Å². The number of likely N-dealkylation sites (N-methyl/N-ethyl adjacent to an activating group) is 1. The van der Waals surface area contributed by atoms with E-state index in [1.165, 1.54) is 5.56 Å². The van der Waals surface area contributed by atoms with Crippen LogP contribution < -0.4 is 5.32 Å². The van der Waals surface area contributed by atoms with E-state index in [0.717, 1.165) is 16.7 Å². The van der Waals surface area contributed by atoms with E-state index in [-0.39, 0.29) is 5.91 Å². The number of benzene rings is 1. The zero-order valence-electron chi connectivity index (χ0n) is 13.0. The van der Waals surface area contributed by atoms with Gasteiger partial charge in [0.25, 0.3) is 0 Å². The molecule has 20 heavy (non-hydrogen) atoms. The smallest absolute Gasteiger partial charge is 0.238 e. The highest BCUT2D eigenvalue weighted by atomic mass is 79.9. The molecule has 112 valence electrons. The molecule has 0 fully saturated rings. The van der Waals surface area contributed by atoms with Crippen LogP contribution in [0.2, 0.25) is 0 Å². The summed E-state index contributed by atoms with van der Waals surface area (Å²) in [6.45, 7) is 12.0. The lowest BCUT2D eigenvalue weighted by Gasteiger charge is -2.30. The predicted octanol–water partition coefficient (Wildman–Crippen LogP) is 4.06. The normalized spacial score (nSPS) is 12.8. The molecule has 0 aliphatic carbocycles. The van der Waals surface area contributed by atoms with Gasteiger partial charge in [0.05, 0.1) is 12.2 Å².